The van der Waals surface area contributed by atoms with Gasteiger partial charge in [-0.2, -0.15) is 0 Å². The molecule has 160 valence electrons. The third-order valence-corrected chi connectivity index (χ3v) is 6.69. The van der Waals surface area contributed by atoms with E-state index in [1.165, 1.54) is 21.9 Å². The molecular weight excluding hydrogens is 420 g/mol. The van der Waals surface area contributed by atoms with Gasteiger partial charge in [0.1, 0.15) is 5.82 Å². The molecule has 6 nitrogen and oxygen atoms in total. The Morgan fingerprint density at radius 3 is 2.66 bits per heavy atom. The number of thioether (sulfide) groups is 1. The molecule has 1 unspecified atom stereocenters. The Morgan fingerprint density at radius 1 is 1.06 bits per heavy atom. The summed E-state index contributed by atoms with van der Waals surface area (Å²) in [6, 6.07) is 19.0. The molecule has 32 heavy (non-hydrogen) atoms. The molecule has 0 spiro atoms. The molecule has 0 bridgehead atoms. The number of para-hydroxylation sites is 2. The number of benzene rings is 2. The normalized spacial score (nSPS) is 13.9. The van der Waals surface area contributed by atoms with Gasteiger partial charge in [0.05, 0.1) is 16.2 Å². The van der Waals surface area contributed by atoms with Gasteiger partial charge < -0.3 is 4.90 Å². The highest BCUT2D eigenvalue weighted by atomic mass is 32.2. The van der Waals surface area contributed by atoms with Gasteiger partial charge in [-0.15, -0.1) is 0 Å². The Labute approximate surface area is 189 Å². The van der Waals surface area contributed by atoms with Crippen LogP contribution in [0.1, 0.15) is 18.1 Å². The number of carbonyl (C=O) groups excluding carboxylic acids is 1. The van der Waals surface area contributed by atoms with Gasteiger partial charge in [-0.25, -0.2) is 14.5 Å². The largest absolute Gasteiger partial charge is 0.311 e. The van der Waals surface area contributed by atoms with Crippen molar-refractivity contribution >= 4 is 34.3 Å². The first-order valence-electron chi connectivity index (χ1n) is 10.5. The van der Waals surface area contributed by atoms with E-state index in [1.54, 1.807) is 18.3 Å². The van der Waals surface area contributed by atoms with Gasteiger partial charge in [0.15, 0.2) is 5.16 Å². The molecule has 7 heteroatoms. The molecule has 2 aromatic carbocycles. The molecule has 0 aliphatic carbocycles. The number of hydrogen-bond donors (Lipinski definition) is 0. The molecule has 4 aromatic rings. The van der Waals surface area contributed by atoms with Crippen molar-refractivity contribution in [2.75, 3.05) is 11.4 Å². The number of amides is 1. The van der Waals surface area contributed by atoms with Crippen LogP contribution >= 0.6 is 11.8 Å². The summed E-state index contributed by atoms with van der Waals surface area (Å²) in [6.45, 7) is 4.48. The second kappa shape index (κ2) is 8.24. The standard InChI is InChI=1S/C25H22N4O2S/c1-16-11-12-22(26-15-16)29-24(31)19-8-4-5-9-20(19)27-25(29)32-17(2)23(30)28-14-13-18-7-3-6-10-21(18)28/h3-12,15,17H,13-14H2,1-2H3. The van der Waals surface area contributed by atoms with Crippen molar-refractivity contribution in [3.63, 3.8) is 0 Å². The van der Waals surface area contributed by atoms with Gasteiger partial charge in [0.2, 0.25) is 5.91 Å². The van der Waals surface area contributed by atoms with Crippen LogP contribution in [0.25, 0.3) is 16.7 Å². The van der Waals surface area contributed by atoms with E-state index in [2.05, 4.69) is 11.1 Å². The highest BCUT2D eigenvalue weighted by Crippen LogP contribution is 2.31. The molecule has 0 saturated heterocycles. The fourth-order valence-corrected chi connectivity index (χ4v) is 4.96. The SMILES string of the molecule is Cc1ccc(-n2c(SC(C)C(=O)N3CCc4ccccc43)nc3ccccc3c2=O)nc1. The maximum absolute atomic E-state index is 13.4. The summed E-state index contributed by atoms with van der Waals surface area (Å²) in [4.78, 5) is 37.7. The molecule has 1 amide bonds. The zero-order chi connectivity index (χ0) is 22.2. The number of aryl methyl sites for hydroxylation is 1. The molecule has 1 aliphatic rings. The third-order valence-electron chi connectivity index (χ3n) is 5.65. The number of anilines is 1. The van der Waals surface area contributed by atoms with Crippen molar-refractivity contribution in [1.29, 1.82) is 0 Å². The monoisotopic (exact) mass is 442 g/mol. The molecule has 2 aromatic heterocycles. The minimum absolute atomic E-state index is 0.00535. The molecule has 1 aliphatic heterocycles. The average molecular weight is 443 g/mol. The van der Waals surface area contributed by atoms with Gasteiger partial charge >= 0.3 is 0 Å². The lowest BCUT2D eigenvalue weighted by atomic mass is 10.2. The van der Waals surface area contributed by atoms with Crippen molar-refractivity contribution in [2.45, 2.75) is 30.7 Å². The summed E-state index contributed by atoms with van der Waals surface area (Å²) < 4.78 is 1.51. The number of hydrogen-bond acceptors (Lipinski definition) is 5. The summed E-state index contributed by atoms with van der Waals surface area (Å²) in [6.07, 6.45) is 2.58. The van der Waals surface area contributed by atoms with E-state index < -0.39 is 5.25 Å². The van der Waals surface area contributed by atoms with Crippen molar-refractivity contribution in [3.05, 3.63) is 88.3 Å². The molecule has 1 atom stereocenters. The molecule has 5 rings (SSSR count). The maximum Gasteiger partial charge on any atom is 0.267 e. The van der Waals surface area contributed by atoms with Crippen molar-refractivity contribution < 1.29 is 4.79 Å². The lowest BCUT2D eigenvalue weighted by Gasteiger charge is -2.22. The predicted octanol–water partition coefficient (Wildman–Crippen LogP) is 4.16. The summed E-state index contributed by atoms with van der Waals surface area (Å²) in [5.74, 6) is 0.498. The Balaban J connectivity index is 1.55. The van der Waals surface area contributed by atoms with Crippen LogP contribution in [0.3, 0.4) is 0 Å². The first kappa shape index (κ1) is 20.5. The topological polar surface area (TPSA) is 68.1 Å². The third kappa shape index (κ3) is 3.58. The fourth-order valence-electron chi connectivity index (χ4n) is 3.98. The number of aromatic nitrogens is 3. The second-order valence-electron chi connectivity index (χ2n) is 7.87. The van der Waals surface area contributed by atoms with Crippen LogP contribution in [-0.2, 0) is 11.2 Å². The van der Waals surface area contributed by atoms with Crippen LogP contribution < -0.4 is 10.5 Å². The molecule has 3 heterocycles. The van der Waals surface area contributed by atoms with Crippen LogP contribution in [0, 0.1) is 6.92 Å². The molecule has 0 fully saturated rings. The Hall–Kier alpha value is -3.45. The first-order valence-corrected chi connectivity index (χ1v) is 11.4. The number of fused-ring (bicyclic) bond motifs is 2. The van der Waals surface area contributed by atoms with E-state index in [1.807, 2.05) is 61.2 Å². The minimum atomic E-state index is -0.425. The van der Waals surface area contributed by atoms with Crippen LogP contribution in [0.5, 0.6) is 0 Å². The quantitative estimate of drug-likeness (QED) is 0.351. The Kier molecular flexibility index (Phi) is 5.27. The average Bonchev–Trinajstić information content (AvgIpc) is 3.24. The van der Waals surface area contributed by atoms with Crippen LogP contribution in [-0.4, -0.2) is 32.2 Å². The van der Waals surface area contributed by atoms with Crippen LogP contribution in [0.2, 0.25) is 0 Å². The summed E-state index contributed by atoms with van der Waals surface area (Å²) >= 11 is 1.29. The molecule has 0 N–H and O–H groups in total. The first-order chi connectivity index (χ1) is 15.5. The van der Waals surface area contributed by atoms with E-state index >= 15 is 0 Å². The van der Waals surface area contributed by atoms with Crippen molar-refractivity contribution in [3.8, 4) is 5.82 Å². The number of carbonyl (C=O) groups is 1. The Morgan fingerprint density at radius 2 is 1.84 bits per heavy atom. The fraction of sp³-hybridized carbons (Fsp3) is 0.200. The van der Waals surface area contributed by atoms with Gasteiger partial charge in [-0.3, -0.25) is 9.59 Å². The van der Waals surface area contributed by atoms with Crippen LogP contribution in [0.15, 0.2) is 76.8 Å². The summed E-state index contributed by atoms with van der Waals surface area (Å²) in [5.41, 5.74) is 3.56. The van der Waals surface area contributed by atoms with E-state index in [9.17, 15) is 9.59 Å². The number of rotatable bonds is 4. The zero-order valence-corrected chi connectivity index (χ0v) is 18.7. The van der Waals surface area contributed by atoms with E-state index in [0.29, 0.717) is 28.4 Å². The molecule has 0 radical (unpaired) electrons. The number of nitrogens with zero attached hydrogens (tertiary/aromatic N) is 4. The highest BCUT2D eigenvalue weighted by Gasteiger charge is 2.29. The summed E-state index contributed by atoms with van der Waals surface area (Å²) in [7, 11) is 0. The second-order valence-corrected chi connectivity index (χ2v) is 9.18. The van der Waals surface area contributed by atoms with Gasteiger partial charge in [-0.05, 0) is 55.7 Å². The predicted molar refractivity (Wildman–Crippen MR) is 128 cm³/mol. The lowest BCUT2D eigenvalue weighted by Crippen LogP contribution is -2.35. The summed E-state index contributed by atoms with van der Waals surface area (Å²) in [5, 5.41) is 0.552. The van der Waals surface area contributed by atoms with E-state index in [0.717, 1.165) is 17.7 Å². The molecule has 0 saturated carbocycles. The van der Waals surface area contributed by atoms with Gasteiger partial charge in [0, 0.05) is 18.4 Å². The Bertz CT molecular complexity index is 1380. The minimum Gasteiger partial charge on any atom is -0.311 e. The van der Waals surface area contributed by atoms with Gasteiger partial charge in [-0.1, -0.05) is 48.2 Å². The van der Waals surface area contributed by atoms with Crippen molar-refractivity contribution in [1.82, 2.24) is 14.5 Å². The molecular formula is C25H22N4O2S. The smallest absolute Gasteiger partial charge is 0.267 e. The lowest BCUT2D eigenvalue weighted by molar-refractivity contribution is -0.117. The van der Waals surface area contributed by atoms with Crippen molar-refractivity contribution in [2.24, 2.45) is 0 Å². The van der Waals surface area contributed by atoms with E-state index in [4.69, 9.17) is 4.98 Å². The van der Waals surface area contributed by atoms with Gasteiger partial charge in [0.25, 0.3) is 5.56 Å². The zero-order valence-electron chi connectivity index (χ0n) is 17.9. The van der Waals surface area contributed by atoms with Crippen LogP contribution in [0.4, 0.5) is 5.69 Å². The maximum atomic E-state index is 13.4. The van der Waals surface area contributed by atoms with E-state index in [-0.39, 0.29) is 11.5 Å². The number of pyridine rings is 1. The highest BCUT2D eigenvalue weighted by molar-refractivity contribution is 8.00.